The van der Waals surface area contributed by atoms with Crippen LogP contribution < -0.4 is 16.4 Å². The molecule has 0 aromatic heterocycles. The van der Waals surface area contributed by atoms with E-state index in [1.165, 1.54) is 4.90 Å². The molecule has 1 rings (SSSR count). The fourth-order valence-corrected chi connectivity index (χ4v) is 4.51. The lowest BCUT2D eigenvalue weighted by atomic mass is 9.99. The van der Waals surface area contributed by atoms with Gasteiger partial charge in [0.15, 0.2) is 0 Å². The third kappa shape index (κ3) is 13.6. The van der Waals surface area contributed by atoms with Crippen LogP contribution in [0.3, 0.4) is 0 Å². The molecular weight excluding hydrogens is 520 g/mol. The molecule has 0 saturated carbocycles. The number of ether oxygens (including phenoxy) is 1. The molecule has 228 valence electrons. The zero-order valence-corrected chi connectivity index (χ0v) is 25.8. The molecule has 0 aliphatic carbocycles. The molecule has 3 unspecified atom stereocenters. The number of hydrogen-bond donors (Lipinski definition) is 3. The molecule has 0 spiro atoms. The van der Waals surface area contributed by atoms with Gasteiger partial charge in [-0.25, -0.2) is 4.79 Å². The Kier molecular flexibility index (Phi) is 15.6. The van der Waals surface area contributed by atoms with E-state index in [0.717, 1.165) is 38.5 Å². The lowest BCUT2D eigenvalue weighted by molar-refractivity contribution is -0.143. The van der Waals surface area contributed by atoms with Crippen molar-refractivity contribution in [3.05, 3.63) is 35.4 Å². The van der Waals surface area contributed by atoms with Gasteiger partial charge in [0.25, 0.3) is 0 Å². The van der Waals surface area contributed by atoms with Crippen LogP contribution in [0.2, 0.25) is 0 Å². The molecule has 1 aromatic carbocycles. The minimum Gasteiger partial charge on any atom is -0.444 e. The Labute approximate surface area is 246 Å². The fraction of sp³-hybridized carbons (Fsp3) is 0.625. The highest BCUT2D eigenvalue weighted by molar-refractivity contribution is 5.92. The van der Waals surface area contributed by atoms with Gasteiger partial charge in [-0.1, -0.05) is 64.0 Å². The molecule has 0 fully saturated rings. The van der Waals surface area contributed by atoms with E-state index in [2.05, 4.69) is 23.5 Å². The van der Waals surface area contributed by atoms with E-state index in [-0.39, 0.29) is 31.3 Å². The summed E-state index contributed by atoms with van der Waals surface area (Å²) in [6.07, 6.45) is 10.9. The number of carbonyl (C=O) groups is 4. The van der Waals surface area contributed by atoms with Crippen molar-refractivity contribution in [3.8, 4) is 12.3 Å². The number of unbranched alkanes of at least 4 members (excludes halogenated alkanes) is 4. The summed E-state index contributed by atoms with van der Waals surface area (Å²) >= 11 is 0. The third-order valence-electron chi connectivity index (χ3n) is 6.52. The van der Waals surface area contributed by atoms with Crippen LogP contribution in [0.4, 0.5) is 4.79 Å². The van der Waals surface area contributed by atoms with Gasteiger partial charge in [-0.2, -0.15) is 0 Å². The Morgan fingerprint density at radius 3 is 2.15 bits per heavy atom. The summed E-state index contributed by atoms with van der Waals surface area (Å²) in [7, 11) is 0. The molecule has 0 aliphatic rings. The van der Waals surface area contributed by atoms with Gasteiger partial charge < -0.3 is 26.0 Å². The van der Waals surface area contributed by atoms with Gasteiger partial charge in [0.05, 0.1) is 0 Å². The first-order valence-corrected chi connectivity index (χ1v) is 14.8. The molecule has 41 heavy (non-hydrogen) atoms. The number of nitrogens with two attached hydrogens (primary N) is 1. The van der Waals surface area contributed by atoms with Gasteiger partial charge in [-0.3, -0.25) is 14.4 Å². The average Bonchev–Trinajstić information content (AvgIpc) is 2.89. The Morgan fingerprint density at radius 1 is 0.976 bits per heavy atom. The first-order chi connectivity index (χ1) is 19.3. The fourth-order valence-electron chi connectivity index (χ4n) is 4.51. The largest absolute Gasteiger partial charge is 0.444 e. The van der Waals surface area contributed by atoms with Crippen molar-refractivity contribution in [2.45, 2.75) is 123 Å². The van der Waals surface area contributed by atoms with Crippen molar-refractivity contribution in [1.29, 1.82) is 0 Å². The topological polar surface area (TPSA) is 131 Å². The standard InChI is InChI=1S/C32H50N4O5/c1-8-11-12-13-14-22-36(30(39)26(20-21-27(33)37)35-31(40)41-32(5,6)7)28(29(38)34-23(4)15-9-2)25-18-16-24(10-3)17-19-25/h3,16-19,23,26,28H,8-9,11-15,20-22H2,1-2,4-7H3,(H2,33,37)(H,34,38)(H,35,40). The summed E-state index contributed by atoms with van der Waals surface area (Å²) in [4.78, 5) is 53.9. The van der Waals surface area contributed by atoms with Gasteiger partial charge in [-0.05, 0) is 64.7 Å². The quantitative estimate of drug-likeness (QED) is 0.180. The predicted molar refractivity (Wildman–Crippen MR) is 162 cm³/mol. The number of hydrogen-bond acceptors (Lipinski definition) is 5. The number of terminal acetylenes is 1. The number of rotatable bonds is 17. The van der Waals surface area contributed by atoms with Crippen LogP contribution in [0.15, 0.2) is 24.3 Å². The molecule has 0 aliphatic heterocycles. The van der Waals surface area contributed by atoms with E-state index < -0.39 is 35.6 Å². The molecule has 0 radical (unpaired) electrons. The summed E-state index contributed by atoms with van der Waals surface area (Å²) in [5, 5.41) is 5.68. The molecule has 3 atom stereocenters. The van der Waals surface area contributed by atoms with Crippen LogP contribution in [-0.2, 0) is 19.1 Å². The predicted octanol–water partition coefficient (Wildman–Crippen LogP) is 4.97. The van der Waals surface area contributed by atoms with Crippen LogP contribution in [0.25, 0.3) is 0 Å². The Balaban J connectivity index is 3.54. The van der Waals surface area contributed by atoms with Gasteiger partial charge in [0.1, 0.15) is 17.7 Å². The lowest BCUT2D eigenvalue weighted by Crippen LogP contribution is -2.54. The number of primary amides is 1. The SMILES string of the molecule is C#Cc1ccc(C(C(=O)NC(C)CCC)N(CCCCCCC)C(=O)C(CCC(N)=O)NC(=O)OC(C)(C)C)cc1. The molecule has 0 bridgehead atoms. The first kappa shape index (κ1) is 35.5. The highest BCUT2D eigenvalue weighted by atomic mass is 16.6. The van der Waals surface area contributed by atoms with E-state index in [1.54, 1.807) is 45.0 Å². The molecule has 9 nitrogen and oxygen atoms in total. The third-order valence-corrected chi connectivity index (χ3v) is 6.52. The molecule has 4 N–H and O–H groups in total. The van der Waals surface area contributed by atoms with E-state index in [9.17, 15) is 19.2 Å². The van der Waals surface area contributed by atoms with E-state index in [4.69, 9.17) is 16.9 Å². The number of benzene rings is 1. The maximum absolute atomic E-state index is 14.2. The van der Waals surface area contributed by atoms with Crippen molar-refractivity contribution < 1.29 is 23.9 Å². The monoisotopic (exact) mass is 570 g/mol. The maximum atomic E-state index is 14.2. The maximum Gasteiger partial charge on any atom is 0.408 e. The zero-order valence-electron chi connectivity index (χ0n) is 25.8. The summed E-state index contributed by atoms with van der Waals surface area (Å²) in [6, 6.07) is 4.77. The number of amides is 4. The smallest absolute Gasteiger partial charge is 0.408 e. The van der Waals surface area contributed by atoms with Gasteiger partial charge >= 0.3 is 6.09 Å². The highest BCUT2D eigenvalue weighted by Gasteiger charge is 2.36. The van der Waals surface area contributed by atoms with Crippen LogP contribution in [-0.4, -0.2) is 52.9 Å². The molecule has 4 amide bonds. The van der Waals surface area contributed by atoms with Gasteiger partial charge in [0.2, 0.25) is 17.7 Å². The van der Waals surface area contributed by atoms with Gasteiger partial charge in [-0.15, -0.1) is 6.42 Å². The van der Waals surface area contributed by atoms with Crippen molar-refractivity contribution in [2.75, 3.05) is 6.54 Å². The van der Waals surface area contributed by atoms with Crippen molar-refractivity contribution >= 4 is 23.8 Å². The molecule has 1 aromatic rings. The Morgan fingerprint density at radius 2 is 1.61 bits per heavy atom. The van der Waals surface area contributed by atoms with E-state index in [1.807, 2.05) is 13.8 Å². The van der Waals surface area contributed by atoms with Crippen molar-refractivity contribution in [2.24, 2.45) is 5.73 Å². The summed E-state index contributed by atoms with van der Waals surface area (Å²) < 4.78 is 5.39. The lowest BCUT2D eigenvalue weighted by Gasteiger charge is -2.35. The number of carbonyl (C=O) groups excluding carboxylic acids is 4. The normalized spacial score (nSPS) is 13.3. The van der Waals surface area contributed by atoms with Crippen molar-refractivity contribution in [1.82, 2.24) is 15.5 Å². The molecule has 9 heteroatoms. The van der Waals surface area contributed by atoms with E-state index >= 15 is 0 Å². The Hall–Kier alpha value is -3.54. The van der Waals surface area contributed by atoms with E-state index in [0.29, 0.717) is 17.5 Å². The second-order valence-corrected chi connectivity index (χ2v) is 11.5. The molecule has 0 heterocycles. The van der Waals surface area contributed by atoms with Crippen molar-refractivity contribution in [3.63, 3.8) is 0 Å². The second kappa shape index (κ2) is 18.0. The Bertz CT molecular complexity index is 1030. The van der Waals surface area contributed by atoms with Crippen LogP contribution in [0, 0.1) is 12.3 Å². The molecule has 0 saturated heterocycles. The summed E-state index contributed by atoms with van der Waals surface area (Å²) in [6.45, 7) is 11.5. The number of nitrogens with zero attached hydrogens (tertiary/aromatic N) is 1. The highest BCUT2D eigenvalue weighted by Crippen LogP contribution is 2.25. The zero-order chi connectivity index (χ0) is 31.0. The van der Waals surface area contributed by atoms with Gasteiger partial charge in [0, 0.05) is 24.6 Å². The number of alkyl carbamates (subject to hydrolysis) is 1. The number of nitrogens with one attached hydrogen (secondary N) is 2. The molecular formula is C32H50N4O5. The minimum absolute atomic E-state index is 0.0314. The summed E-state index contributed by atoms with van der Waals surface area (Å²) in [5.74, 6) is 1.16. The average molecular weight is 571 g/mol. The summed E-state index contributed by atoms with van der Waals surface area (Å²) in [5.41, 5.74) is 5.85. The minimum atomic E-state index is -1.12. The second-order valence-electron chi connectivity index (χ2n) is 11.5. The van der Waals surface area contributed by atoms with Crippen LogP contribution in [0.5, 0.6) is 0 Å². The van der Waals surface area contributed by atoms with Crippen LogP contribution >= 0.6 is 0 Å². The first-order valence-electron chi connectivity index (χ1n) is 14.8. The van der Waals surface area contributed by atoms with Crippen LogP contribution in [0.1, 0.15) is 116 Å².